The van der Waals surface area contributed by atoms with Gasteiger partial charge in [0.25, 0.3) is 5.91 Å². The topological polar surface area (TPSA) is 85.8 Å². The molecule has 2 aromatic heterocycles. The second-order valence-corrected chi connectivity index (χ2v) is 5.23. The van der Waals surface area contributed by atoms with Crippen molar-refractivity contribution in [3.8, 4) is 5.69 Å². The first-order valence-corrected chi connectivity index (χ1v) is 7.21. The summed E-state index contributed by atoms with van der Waals surface area (Å²) >= 11 is 0. The average molecular weight is 307 g/mol. The first-order chi connectivity index (χ1) is 11.1. The Labute approximate surface area is 134 Å². The van der Waals surface area contributed by atoms with Crippen LogP contribution in [0.1, 0.15) is 21.7 Å². The lowest BCUT2D eigenvalue weighted by Gasteiger charge is -2.08. The molecule has 116 valence electrons. The molecule has 6 heteroatoms. The van der Waals surface area contributed by atoms with Crippen molar-refractivity contribution >= 4 is 17.4 Å². The van der Waals surface area contributed by atoms with Crippen LogP contribution in [0.4, 0.5) is 11.5 Å². The van der Waals surface area contributed by atoms with E-state index in [2.05, 4.69) is 15.4 Å². The van der Waals surface area contributed by atoms with Crippen LogP contribution in [0.25, 0.3) is 5.69 Å². The van der Waals surface area contributed by atoms with Crippen molar-refractivity contribution in [2.75, 3.05) is 5.32 Å². The van der Waals surface area contributed by atoms with Gasteiger partial charge in [-0.3, -0.25) is 4.79 Å². The third-order valence-corrected chi connectivity index (χ3v) is 3.63. The summed E-state index contributed by atoms with van der Waals surface area (Å²) in [6.45, 7) is 3.68. The molecule has 0 atom stereocenters. The Morgan fingerprint density at radius 1 is 1.13 bits per heavy atom. The van der Waals surface area contributed by atoms with Crippen LogP contribution < -0.4 is 11.1 Å². The van der Waals surface area contributed by atoms with E-state index in [9.17, 15) is 4.79 Å². The molecule has 3 rings (SSSR count). The number of rotatable bonds is 4. The summed E-state index contributed by atoms with van der Waals surface area (Å²) in [5.41, 5.74) is 9.04. The summed E-state index contributed by atoms with van der Waals surface area (Å²) in [4.78, 5) is 16.0. The second-order valence-electron chi connectivity index (χ2n) is 5.23. The second kappa shape index (κ2) is 5.92. The Morgan fingerprint density at radius 2 is 1.87 bits per heavy atom. The summed E-state index contributed by atoms with van der Waals surface area (Å²) in [7, 11) is 0. The van der Waals surface area contributed by atoms with Crippen molar-refractivity contribution in [3.63, 3.8) is 0 Å². The maximum Gasteiger partial charge on any atom is 0.267 e. The van der Waals surface area contributed by atoms with Crippen LogP contribution in [-0.4, -0.2) is 20.7 Å². The van der Waals surface area contributed by atoms with Crippen LogP contribution in [-0.2, 0) is 0 Å². The third-order valence-electron chi connectivity index (χ3n) is 3.63. The van der Waals surface area contributed by atoms with E-state index < -0.39 is 5.91 Å². The minimum atomic E-state index is -0.505. The Balaban J connectivity index is 1.91. The van der Waals surface area contributed by atoms with Crippen molar-refractivity contribution in [1.29, 1.82) is 0 Å². The molecule has 6 nitrogen and oxygen atoms in total. The van der Waals surface area contributed by atoms with Gasteiger partial charge in [-0.25, -0.2) is 9.67 Å². The van der Waals surface area contributed by atoms with Gasteiger partial charge < -0.3 is 11.1 Å². The number of aromatic nitrogens is 3. The number of aryl methyl sites for hydroxylation is 1. The fourth-order valence-corrected chi connectivity index (χ4v) is 2.34. The van der Waals surface area contributed by atoms with E-state index in [1.54, 1.807) is 6.20 Å². The van der Waals surface area contributed by atoms with Gasteiger partial charge in [-0.15, -0.1) is 0 Å². The predicted octanol–water partition coefficient (Wildman–Crippen LogP) is 2.73. The SMILES string of the molecule is Cc1nn(-c2ccc(Nc3ccccc3)nc2)c(C(N)=O)c1C. The number of amides is 1. The molecule has 0 bridgehead atoms. The van der Waals surface area contributed by atoms with E-state index >= 15 is 0 Å². The molecule has 1 aromatic carbocycles. The monoisotopic (exact) mass is 307 g/mol. The zero-order valence-corrected chi connectivity index (χ0v) is 12.9. The molecule has 0 saturated carbocycles. The van der Waals surface area contributed by atoms with Crippen LogP contribution in [0.15, 0.2) is 48.7 Å². The smallest absolute Gasteiger partial charge is 0.267 e. The molecule has 1 amide bonds. The number of hydrogen-bond donors (Lipinski definition) is 2. The van der Waals surface area contributed by atoms with Gasteiger partial charge in [-0.2, -0.15) is 5.10 Å². The molecule has 0 saturated heterocycles. The fourth-order valence-electron chi connectivity index (χ4n) is 2.34. The van der Waals surface area contributed by atoms with Crippen molar-refractivity contribution in [1.82, 2.24) is 14.8 Å². The molecule has 0 aliphatic carbocycles. The number of anilines is 2. The molecule has 3 aromatic rings. The molecule has 0 radical (unpaired) electrons. The molecular formula is C17H17N5O. The lowest BCUT2D eigenvalue weighted by molar-refractivity contribution is 0.0992. The maximum absolute atomic E-state index is 11.7. The summed E-state index contributed by atoms with van der Waals surface area (Å²) < 4.78 is 1.53. The molecule has 0 unspecified atom stereocenters. The molecule has 0 aliphatic rings. The number of pyridine rings is 1. The first kappa shape index (κ1) is 14.8. The van der Waals surface area contributed by atoms with E-state index in [1.165, 1.54) is 4.68 Å². The van der Waals surface area contributed by atoms with Crippen molar-refractivity contribution < 1.29 is 4.79 Å². The number of benzene rings is 1. The highest BCUT2D eigenvalue weighted by atomic mass is 16.1. The van der Waals surface area contributed by atoms with Crippen molar-refractivity contribution in [2.24, 2.45) is 5.73 Å². The van der Waals surface area contributed by atoms with E-state index in [4.69, 9.17) is 5.73 Å². The zero-order chi connectivity index (χ0) is 16.4. The van der Waals surface area contributed by atoms with Crippen molar-refractivity contribution in [3.05, 3.63) is 65.6 Å². The van der Waals surface area contributed by atoms with Crippen LogP contribution in [0.5, 0.6) is 0 Å². The molecule has 0 spiro atoms. The van der Waals surface area contributed by atoms with Gasteiger partial charge in [-0.1, -0.05) is 18.2 Å². The predicted molar refractivity (Wildman–Crippen MR) is 89.1 cm³/mol. The summed E-state index contributed by atoms with van der Waals surface area (Å²) in [5.74, 6) is 0.204. The molecule has 2 heterocycles. The number of para-hydroxylation sites is 1. The molecule has 3 N–H and O–H groups in total. The highest BCUT2D eigenvalue weighted by Gasteiger charge is 2.17. The highest BCUT2D eigenvalue weighted by Crippen LogP contribution is 2.19. The number of hydrogen-bond acceptors (Lipinski definition) is 4. The lowest BCUT2D eigenvalue weighted by Crippen LogP contribution is -2.18. The molecule has 0 aliphatic heterocycles. The fraction of sp³-hybridized carbons (Fsp3) is 0.118. The van der Waals surface area contributed by atoms with Crippen molar-refractivity contribution in [2.45, 2.75) is 13.8 Å². The van der Waals surface area contributed by atoms with Crippen LogP contribution in [0, 0.1) is 13.8 Å². The minimum absolute atomic E-state index is 0.382. The third kappa shape index (κ3) is 2.91. The van der Waals surface area contributed by atoms with Crippen LogP contribution >= 0.6 is 0 Å². The highest BCUT2D eigenvalue weighted by molar-refractivity contribution is 5.93. The number of nitrogens with one attached hydrogen (secondary N) is 1. The number of primary amides is 1. The number of carbonyl (C=O) groups is 1. The quantitative estimate of drug-likeness (QED) is 0.776. The van der Waals surface area contributed by atoms with Gasteiger partial charge in [0, 0.05) is 11.3 Å². The van der Waals surface area contributed by atoms with E-state index in [0.717, 1.165) is 16.9 Å². The van der Waals surface area contributed by atoms with Gasteiger partial charge >= 0.3 is 0 Å². The van der Waals surface area contributed by atoms with E-state index in [1.807, 2.05) is 56.3 Å². The van der Waals surface area contributed by atoms with Gasteiger partial charge in [-0.05, 0) is 38.1 Å². The van der Waals surface area contributed by atoms with Gasteiger partial charge in [0.15, 0.2) is 0 Å². The molecule has 0 fully saturated rings. The molecule has 23 heavy (non-hydrogen) atoms. The number of nitrogens with two attached hydrogens (primary N) is 1. The summed E-state index contributed by atoms with van der Waals surface area (Å²) in [6, 6.07) is 13.4. The average Bonchev–Trinajstić information content (AvgIpc) is 2.85. The number of nitrogens with zero attached hydrogens (tertiary/aromatic N) is 3. The van der Waals surface area contributed by atoms with Gasteiger partial charge in [0.2, 0.25) is 0 Å². The Kier molecular flexibility index (Phi) is 3.80. The van der Waals surface area contributed by atoms with Gasteiger partial charge in [0.1, 0.15) is 11.5 Å². The van der Waals surface area contributed by atoms with Gasteiger partial charge in [0.05, 0.1) is 17.6 Å². The zero-order valence-electron chi connectivity index (χ0n) is 12.9. The standard InChI is InChI=1S/C17H17N5O/c1-11-12(2)21-22(16(11)17(18)23)14-8-9-15(19-10-14)20-13-6-4-3-5-7-13/h3-10H,1-2H3,(H2,18,23)(H,19,20). The summed E-state index contributed by atoms with van der Waals surface area (Å²) in [5, 5.41) is 7.57. The lowest BCUT2D eigenvalue weighted by atomic mass is 10.2. The largest absolute Gasteiger partial charge is 0.364 e. The maximum atomic E-state index is 11.7. The van der Waals surface area contributed by atoms with E-state index in [-0.39, 0.29) is 0 Å². The van der Waals surface area contributed by atoms with Crippen LogP contribution in [0.2, 0.25) is 0 Å². The first-order valence-electron chi connectivity index (χ1n) is 7.21. The molecular weight excluding hydrogens is 290 g/mol. The number of carbonyl (C=O) groups excluding carboxylic acids is 1. The Morgan fingerprint density at radius 3 is 2.48 bits per heavy atom. The normalized spacial score (nSPS) is 10.5. The minimum Gasteiger partial charge on any atom is -0.364 e. The van der Waals surface area contributed by atoms with Crippen LogP contribution in [0.3, 0.4) is 0 Å². The summed E-state index contributed by atoms with van der Waals surface area (Å²) in [6.07, 6.45) is 1.66. The Bertz CT molecular complexity index is 837. The Hall–Kier alpha value is -3.15. The van der Waals surface area contributed by atoms with E-state index in [0.29, 0.717) is 17.2 Å².